The number of phenols is 1. The number of halogens is 2. The molecule has 2 N–H and O–H groups in total. The van der Waals surface area contributed by atoms with E-state index in [4.69, 9.17) is 0 Å². The number of rotatable bonds is 5. The molecule has 0 aliphatic heterocycles. The second-order valence-corrected chi connectivity index (χ2v) is 7.70. The van der Waals surface area contributed by atoms with E-state index < -0.39 is 5.97 Å². The highest BCUT2D eigenvalue weighted by Gasteiger charge is 2.17. The molecule has 0 aliphatic carbocycles. The monoisotopic (exact) mass is 474 g/mol. The molecule has 0 atom stereocenters. The summed E-state index contributed by atoms with van der Waals surface area (Å²) in [6, 6.07) is 19.0. The van der Waals surface area contributed by atoms with Gasteiger partial charge in [-0.25, -0.2) is 4.79 Å². The summed E-state index contributed by atoms with van der Waals surface area (Å²) in [7, 11) is 0. The third-order valence-electron chi connectivity index (χ3n) is 4.17. The molecule has 0 spiro atoms. The molecule has 0 saturated heterocycles. The minimum atomic E-state index is -1.13. The van der Waals surface area contributed by atoms with E-state index in [1.807, 2.05) is 54.6 Å². The first kappa shape index (κ1) is 18.7. The lowest BCUT2D eigenvalue weighted by atomic mass is 9.95. The van der Waals surface area contributed by atoms with Crippen LogP contribution in [0.15, 0.2) is 69.6 Å². The molecule has 0 heterocycles. The first-order valence-electron chi connectivity index (χ1n) is 8.00. The van der Waals surface area contributed by atoms with Crippen molar-refractivity contribution >= 4 is 37.8 Å². The first-order chi connectivity index (χ1) is 12.5. The Morgan fingerprint density at radius 3 is 1.88 bits per heavy atom. The fraction of sp³-hybridized carbons (Fsp3) is 0.0952. The van der Waals surface area contributed by atoms with E-state index in [0.717, 1.165) is 25.6 Å². The molecule has 0 saturated carbocycles. The molecule has 0 unspecified atom stereocenters. The second kappa shape index (κ2) is 8.06. The van der Waals surface area contributed by atoms with Crippen molar-refractivity contribution < 1.29 is 15.0 Å². The molecule has 0 bridgehead atoms. The van der Waals surface area contributed by atoms with Gasteiger partial charge in [0.15, 0.2) is 0 Å². The number of aromatic hydroxyl groups is 1. The van der Waals surface area contributed by atoms with Gasteiger partial charge < -0.3 is 10.2 Å². The SMILES string of the molecule is O=C(O)c1cc(Cc2ccccc2Br)cc(Cc2ccccc2Br)c1O. The van der Waals surface area contributed by atoms with Gasteiger partial charge in [-0.2, -0.15) is 0 Å². The third-order valence-corrected chi connectivity index (χ3v) is 5.72. The molecule has 26 heavy (non-hydrogen) atoms. The second-order valence-electron chi connectivity index (χ2n) is 5.99. The number of carbonyl (C=O) groups is 1. The van der Waals surface area contributed by atoms with Crippen molar-refractivity contribution in [3.05, 3.63) is 97.4 Å². The summed E-state index contributed by atoms with van der Waals surface area (Å²) in [5.41, 5.74) is 3.41. The number of benzene rings is 3. The van der Waals surface area contributed by atoms with Crippen LogP contribution in [0.3, 0.4) is 0 Å². The molecule has 132 valence electrons. The van der Waals surface area contributed by atoms with Gasteiger partial charge in [-0.05, 0) is 46.9 Å². The van der Waals surface area contributed by atoms with Crippen LogP contribution in [-0.4, -0.2) is 16.2 Å². The molecule has 0 aromatic heterocycles. The third kappa shape index (κ3) is 4.17. The Morgan fingerprint density at radius 2 is 1.35 bits per heavy atom. The van der Waals surface area contributed by atoms with Crippen LogP contribution < -0.4 is 0 Å². The zero-order valence-corrected chi connectivity index (χ0v) is 16.9. The number of hydrogen-bond acceptors (Lipinski definition) is 2. The van der Waals surface area contributed by atoms with Gasteiger partial charge in [0.05, 0.1) is 0 Å². The number of aromatic carboxylic acids is 1. The van der Waals surface area contributed by atoms with E-state index in [1.54, 1.807) is 6.07 Å². The number of carboxylic acid groups (broad SMARTS) is 1. The van der Waals surface area contributed by atoms with E-state index in [2.05, 4.69) is 31.9 Å². The highest BCUT2D eigenvalue weighted by molar-refractivity contribution is 9.10. The van der Waals surface area contributed by atoms with Crippen molar-refractivity contribution in [1.29, 1.82) is 0 Å². The lowest BCUT2D eigenvalue weighted by Crippen LogP contribution is -2.03. The van der Waals surface area contributed by atoms with E-state index in [-0.39, 0.29) is 11.3 Å². The van der Waals surface area contributed by atoms with E-state index in [9.17, 15) is 15.0 Å². The Balaban J connectivity index is 2.03. The molecule has 0 radical (unpaired) electrons. The Bertz CT molecular complexity index is 967. The maximum atomic E-state index is 11.6. The van der Waals surface area contributed by atoms with Crippen LogP contribution in [0.4, 0.5) is 0 Å². The summed E-state index contributed by atoms with van der Waals surface area (Å²) in [5.74, 6) is -1.31. The smallest absolute Gasteiger partial charge is 0.339 e. The molecule has 0 amide bonds. The van der Waals surface area contributed by atoms with Crippen LogP contribution in [0.2, 0.25) is 0 Å². The minimum absolute atomic E-state index is 0.0726. The standard InChI is InChI=1S/C21H16Br2O3/c22-18-7-3-1-5-14(18)9-13-10-16(20(24)17(11-13)21(25)26)12-15-6-2-4-8-19(15)23/h1-8,10-11,24H,9,12H2,(H,25,26). The maximum Gasteiger partial charge on any atom is 0.339 e. The van der Waals surface area contributed by atoms with E-state index in [1.165, 1.54) is 0 Å². The minimum Gasteiger partial charge on any atom is -0.507 e. The summed E-state index contributed by atoms with van der Waals surface area (Å²) in [6.07, 6.45) is 1.02. The van der Waals surface area contributed by atoms with Gasteiger partial charge in [-0.3, -0.25) is 0 Å². The van der Waals surface area contributed by atoms with E-state index >= 15 is 0 Å². The summed E-state index contributed by atoms with van der Waals surface area (Å²) < 4.78 is 1.89. The zero-order valence-electron chi connectivity index (χ0n) is 13.7. The van der Waals surface area contributed by atoms with E-state index in [0.29, 0.717) is 18.4 Å². The number of carboxylic acids is 1. The molecule has 5 heteroatoms. The Hall–Kier alpha value is -2.11. The molecule has 3 aromatic carbocycles. The molecular formula is C21H16Br2O3. The number of hydrogen-bond donors (Lipinski definition) is 2. The summed E-state index contributed by atoms with van der Waals surface area (Å²) >= 11 is 7.03. The Morgan fingerprint density at radius 1 is 0.808 bits per heavy atom. The summed E-state index contributed by atoms with van der Waals surface area (Å²) in [6.45, 7) is 0. The van der Waals surface area contributed by atoms with Crippen molar-refractivity contribution in [2.75, 3.05) is 0 Å². The zero-order chi connectivity index (χ0) is 18.7. The highest BCUT2D eigenvalue weighted by atomic mass is 79.9. The fourth-order valence-corrected chi connectivity index (χ4v) is 3.72. The lowest BCUT2D eigenvalue weighted by Gasteiger charge is -2.13. The summed E-state index contributed by atoms with van der Waals surface area (Å²) in [4.78, 5) is 11.6. The molecule has 0 fully saturated rings. The predicted octanol–water partition coefficient (Wildman–Crippen LogP) is 5.80. The molecule has 3 nitrogen and oxygen atoms in total. The Kier molecular flexibility index (Phi) is 5.79. The largest absolute Gasteiger partial charge is 0.507 e. The van der Waals surface area contributed by atoms with Gasteiger partial charge in [-0.15, -0.1) is 0 Å². The van der Waals surface area contributed by atoms with Gasteiger partial charge in [0, 0.05) is 15.4 Å². The van der Waals surface area contributed by atoms with Crippen LogP contribution >= 0.6 is 31.9 Å². The van der Waals surface area contributed by atoms with Gasteiger partial charge in [0.1, 0.15) is 11.3 Å². The molecule has 0 aliphatic rings. The van der Waals surface area contributed by atoms with Crippen molar-refractivity contribution in [3.63, 3.8) is 0 Å². The van der Waals surface area contributed by atoms with Crippen molar-refractivity contribution in [2.24, 2.45) is 0 Å². The maximum absolute atomic E-state index is 11.6. The molecule has 3 rings (SSSR count). The molecular weight excluding hydrogens is 460 g/mol. The van der Waals surface area contributed by atoms with Gasteiger partial charge in [0.25, 0.3) is 0 Å². The predicted molar refractivity (Wildman–Crippen MR) is 109 cm³/mol. The highest BCUT2D eigenvalue weighted by Crippen LogP contribution is 2.31. The Labute approximate surface area is 168 Å². The average molecular weight is 476 g/mol. The van der Waals surface area contributed by atoms with Gasteiger partial charge in [-0.1, -0.05) is 74.3 Å². The lowest BCUT2D eigenvalue weighted by molar-refractivity contribution is 0.0693. The van der Waals surface area contributed by atoms with Gasteiger partial charge in [0.2, 0.25) is 0 Å². The van der Waals surface area contributed by atoms with Crippen LogP contribution in [0.5, 0.6) is 5.75 Å². The summed E-state index contributed by atoms with van der Waals surface area (Å²) in [5, 5.41) is 19.9. The van der Waals surface area contributed by atoms with Crippen LogP contribution in [0.1, 0.15) is 32.6 Å². The van der Waals surface area contributed by atoms with Crippen LogP contribution in [-0.2, 0) is 12.8 Å². The van der Waals surface area contributed by atoms with Gasteiger partial charge >= 0.3 is 5.97 Å². The van der Waals surface area contributed by atoms with Crippen molar-refractivity contribution in [3.8, 4) is 5.75 Å². The van der Waals surface area contributed by atoms with Crippen LogP contribution in [0.25, 0.3) is 0 Å². The quantitative estimate of drug-likeness (QED) is 0.490. The fourth-order valence-electron chi connectivity index (χ4n) is 2.87. The normalized spacial score (nSPS) is 10.7. The van der Waals surface area contributed by atoms with Crippen molar-refractivity contribution in [2.45, 2.75) is 12.8 Å². The van der Waals surface area contributed by atoms with Crippen molar-refractivity contribution in [1.82, 2.24) is 0 Å². The topological polar surface area (TPSA) is 57.5 Å². The first-order valence-corrected chi connectivity index (χ1v) is 9.59. The van der Waals surface area contributed by atoms with Crippen LogP contribution in [0, 0.1) is 0 Å². The average Bonchev–Trinajstić information content (AvgIpc) is 2.61. The molecule has 3 aromatic rings.